The van der Waals surface area contributed by atoms with Crippen LogP contribution in [0.3, 0.4) is 0 Å². The number of hydrogen-bond acceptors (Lipinski definition) is 13. The van der Waals surface area contributed by atoms with Gasteiger partial charge in [0.25, 0.3) is 0 Å². The van der Waals surface area contributed by atoms with Gasteiger partial charge in [-0.2, -0.15) is 4.31 Å². The fourth-order valence-corrected chi connectivity index (χ4v) is 10.8. The van der Waals surface area contributed by atoms with Crippen LogP contribution in [0.5, 0.6) is 11.5 Å². The van der Waals surface area contributed by atoms with Crippen LogP contribution >= 0.6 is 11.3 Å². The molecule has 0 radical (unpaired) electrons. The molecule has 7 rings (SSSR count). The van der Waals surface area contributed by atoms with Crippen molar-refractivity contribution in [1.29, 1.82) is 0 Å². The number of carbonyl (C=O) groups excluding carboxylic acids is 3. The Bertz CT molecular complexity index is 2350. The lowest BCUT2D eigenvalue weighted by Crippen LogP contribution is -2.56. The summed E-state index contributed by atoms with van der Waals surface area (Å²) in [6.45, 7) is 9.84. The number of methoxy groups -OCH3 is 1. The lowest BCUT2D eigenvalue weighted by Gasteiger charge is -2.34. The Morgan fingerprint density at radius 3 is 2.59 bits per heavy atom. The van der Waals surface area contributed by atoms with Gasteiger partial charge in [-0.1, -0.05) is 45.8 Å². The van der Waals surface area contributed by atoms with E-state index in [0.717, 1.165) is 18.0 Å². The van der Waals surface area contributed by atoms with Crippen molar-refractivity contribution in [3.63, 3.8) is 0 Å². The summed E-state index contributed by atoms with van der Waals surface area (Å²) in [5.41, 5.74) is -0.428. The fraction of sp³-hybridized carbons (Fsp3) is 0.591. The van der Waals surface area contributed by atoms with E-state index in [2.05, 4.69) is 16.0 Å². The van der Waals surface area contributed by atoms with Crippen molar-refractivity contribution in [2.45, 2.75) is 122 Å². The van der Waals surface area contributed by atoms with E-state index < -0.39 is 75.1 Å². The predicted molar refractivity (Wildman–Crippen MR) is 238 cm³/mol. The molecule has 63 heavy (non-hydrogen) atoms. The largest absolute Gasteiger partial charge is 0.497 e. The van der Waals surface area contributed by atoms with E-state index in [1.165, 1.54) is 20.5 Å². The third-order valence-electron chi connectivity index (χ3n) is 12.2. The van der Waals surface area contributed by atoms with Crippen molar-refractivity contribution < 1.29 is 46.9 Å². The number of hydrogen-bond donors (Lipinski definition) is 4. The normalized spacial score (nSPS) is 26.4. The highest BCUT2D eigenvalue weighted by atomic mass is 32.2. The minimum atomic E-state index is -3.48. The number of fused-ring (bicyclic) bond motifs is 3. The summed E-state index contributed by atoms with van der Waals surface area (Å²) in [6, 6.07) is 5.08. The van der Waals surface area contributed by atoms with Crippen LogP contribution in [0.25, 0.3) is 22.3 Å². The molecule has 4 aliphatic rings. The number of alkyl carbamates (subject to hydrolysis) is 1. The molecule has 3 fully saturated rings. The van der Waals surface area contributed by atoms with Crippen molar-refractivity contribution in [3.05, 3.63) is 41.8 Å². The Morgan fingerprint density at radius 2 is 1.89 bits per heavy atom. The van der Waals surface area contributed by atoms with Gasteiger partial charge >= 0.3 is 12.1 Å². The maximum Gasteiger partial charge on any atom is 0.408 e. The van der Waals surface area contributed by atoms with Gasteiger partial charge in [0, 0.05) is 53.2 Å². The van der Waals surface area contributed by atoms with Gasteiger partial charge < -0.3 is 40.2 Å². The van der Waals surface area contributed by atoms with Crippen LogP contribution < -0.4 is 25.4 Å². The van der Waals surface area contributed by atoms with E-state index in [9.17, 15) is 32.7 Å². The molecule has 2 saturated heterocycles. The molecule has 2 aromatic heterocycles. The van der Waals surface area contributed by atoms with Gasteiger partial charge in [-0.25, -0.2) is 28.0 Å². The molecule has 3 aromatic rings. The number of sulfonamides is 1. The number of carboxylic acid groups (broad SMARTS) is 1. The van der Waals surface area contributed by atoms with Gasteiger partial charge in [0.15, 0.2) is 5.13 Å². The van der Waals surface area contributed by atoms with E-state index in [0.29, 0.717) is 59.6 Å². The molecular formula is C44H59N7O10S2. The number of amides is 3. The number of ether oxygens (including phenoxy) is 3. The number of aliphatic carboxylic acids is 1. The molecule has 3 amide bonds. The summed E-state index contributed by atoms with van der Waals surface area (Å²) in [4.78, 5) is 66.7. The van der Waals surface area contributed by atoms with E-state index in [1.807, 2.05) is 58.2 Å². The van der Waals surface area contributed by atoms with Crippen molar-refractivity contribution >= 4 is 61.3 Å². The Labute approximate surface area is 372 Å². The molecule has 1 saturated carbocycles. The maximum absolute atomic E-state index is 14.9. The first-order valence-electron chi connectivity index (χ1n) is 21.7. The quantitative estimate of drug-likeness (QED) is 0.174. The second-order valence-electron chi connectivity index (χ2n) is 18.3. The standard InChI is InChI=1S/C44H59N7O10S2/c1-26(2)45-41-47-34(25-62-41)33-21-36(30-16-15-28(59-6)19-32(30)46-33)60-29-20-35-38(52)49-44(40(54)55)22-27(44)13-10-8-7-9-11-14-31(39(53)51(35)23-29)48-42(56)61-37(43(3,4)5)24-50-17-12-18-63(50,57)58/h10,13,15-16,19,21,25-27,29,31,35,37H,7-9,11-12,14,17-18,20,22-24H2,1-6H3,(H,45,47)(H,48,56)(H,49,52)(H,54,55)/b13-10-/t27?,29-,31+,35+,37-,44-/m1/s1. The van der Waals surface area contributed by atoms with Crippen LogP contribution in [0.1, 0.15) is 86.0 Å². The smallest absolute Gasteiger partial charge is 0.408 e. The number of rotatable bonds is 11. The molecule has 3 aliphatic heterocycles. The molecular weight excluding hydrogens is 851 g/mol. The molecule has 19 heteroatoms. The van der Waals surface area contributed by atoms with Crippen LogP contribution in [0.2, 0.25) is 0 Å². The van der Waals surface area contributed by atoms with Gasteiger partial charge in [-0.3, -0.25) is 9.59 Å². The highest BCUT2D eigenvalue weighted by Gasteiger charge is 2.61. The zero-order valence-electron chi connectivity index (χ0n) is 36.7. The van der Waals surface area contributed by atoms with Crippen molar-refractivity contribution in [2.75, 3.05) is 37.8 Å². The van der Waals surface area contributed by atoms with E-state index in [4.69, 9.17) is 24.2 Å². The maximum atomic E-state index is 14.9. The Morgan fingerprint density at radius 1 is 1.10 bits per heavy atom. The summed E-state index contributed by atoms with van der Waals surface area (Å²) < 4.78 is 44.9. The number of carbonyl (C=O) groups is 4. The topological polar surface area (TPSA) is 219 Å². The second kappa shape index (κ2) is 18.6. The lowest BCUT2D eigenvalue weighted by molar-refractivity contribution is -0.145. The highest BCUT2D eigenvalue weighted by Crippen LogP contribution is 2.46. The van der Waals surface area contributed by atoms with Crippen LogP contribution in [0, 0.1) is 11.3 Å². The van der Waals surface area contributed by atoms with Crippen LogP contribution in [0.4, 0.5) is 9.93 Å². The molecule has 0 bridgehead atoms. The average Bonchev–Trinajstić information content (AvgIpc) is 3.49. The molecule has 6 atom stereocenters. The average molecular weight is 910 g/mol. The Balaban J connectivity index is 1.19. The third-order valence-corrected chi connectivity index (χ3v) is 14.8. The second-order valence-corrected chi connectivity index (χ2v) is 21.3. The first kappa shape index (κ1) is 46.0. The van der Waals surface area contributed by atoms with Crippen LogP contribution in [0.15, 0.2) is 41.8 Å². The zero-order valence-corrected chi connectivity index (χ0v) is 38.4. The van der Waals surface area contributed by atoms with Gasteiger partial charge in [0.2, 0.25) is 21.8 Å². The monoisotopic (exact) mass is 909 g/mol. The molecule has 5 heterocycles. The van der Waals surface area contributed by atoms with E-state index in [-0.39, 0.29) is 44.1 Å². The van der Waals surface area contributed by atoms with Gasteiger partial charge in [0.1, 0.15) is 47.0 Å². The molecule has 0 spiro atoms. The predicted octanol–water partition coefficient (Wildman–Crippen LogP) is 5.56. The van der Waals surface area contributed by atoms with Crippen molar-refractivity contribution in [1.82, 2.24) is 29.8 Å². The summed E-state index contributed by atoms with van der Waals surface area (Å²) >= 11 is 1.45. The number of benzene rings is 1. The van der Waals surface area contributed by atoms with Gasteiger partial charge in [0.05, 0.1) is 37.2 Å². The number of aromatic nitrogens is 2. The molecule has 4 N–H and O–H groups in total. The first-order valence-corrected chi connectivity index (χ1v) is 24.2. The molecule has 1 aliphatic carbocycles. The molecule has 17 nitrogen and oxygen atoms in total. The minimum absolute atomic E-state index is 0.0236. The highest BCUT2D eigenvalue weighted by molar-refractivity contribution is 7.89. The number of allylic oxidation sites excluding steroid dienone is 1. The van der Waals surface area contributed by atoms with Crippen LogP contribution in [-0.4, -0.2) is 125 Å². The lowest BCUT2D eigenvalue weighted by atomic mass is 9.89. The Hall–Kier alpha value is -5.01. The summed E-state index contributed by atoms with van der Waals surface area (Å²) in [5, 5.41) is 22.5. The third kappa shape index (κ3) is 10.5. The zero-order chi connectivity index (χ0) is 45.3. The van der Waals surface area contributed by atoms with E-state index >= 15 is 0 Å². The number of nitrogens with zero attached hydrogens (tertiary/aromatic N) is 4. The number of thiazole rings is 1. The van der Waals surface area contributed by atoms with Crippen molar-refractivity contribution in [2.24, 2.45) is 11.3 Å². The minimum Gasteiger partial charge on any atom is -0.497 e. The number of pyridine rings is 1. The van der Waals surface area contributed by atoms with Gasteiger partial charge in [-0.05, 0) is 58.1 Å². The SMILES string of the molecule is COc1ccc2c(O[C@@H]3C[C@H]4C(=O)N[C@]5(C(=O)O)CC5/C=C\CCCCC[C@H](NC(=O)O[C@H](CN5CCCS5(=O)=O)C(C)(C)C)C(=O)N4C3)cc(-c3csc(NC(C)C)n3)nc2c1. The summed E-state index contributed by atoms with van der Waals surface area (Å²) in [6.07, 6.45) is 5.02. The van der Waals surface area contributed by atoms with Gasteiger partial charge in [-0.15, -0.1) is 11.3 Å². The molecule has 1 unspecified atom stereocenters. The number of nitrogens with one attached hydrogen (secondary N) is 3. The summed E-state index contributed by atoms with van der Waals surface area (Å²) in [5.74, 6) is -1.70. The Kier molecular flexibility index (Phi) is 13.6. The number of carboxylic acids is 1. The van der Waals surface area contributed by atoms with Crippen molar-refractivity contribution in [3.8, 4) is 22.9 Å². The number of anilines is 1. The summed E-state index contributed by atoms with van der Waals surface area (Å²) in [7, 11) is -1.91. The fourth-order valence-electron chi connectivity index (χ4n) is 8.44. The molecule has 1 aromatic carbocycles. The molecule has 342 valence electrons. The van der Waals surface area contributed by atoms with Crippen LogP contribution in [-0.2, 0) is 29.1 Å². The first-order chi connectivity index (χ1) is 29.9. The van der Waals surface area contributed by atoms with E-state index in [1.54, 1.807) is 25.3 Å².